The maximum Gasteiger partial charge on any atom is 0.500 e. The van der Waals surface area contributed by atoms with Crippen LogP contribution in [-0.2, 0) is 13.3 Å². The molecule has 0 aliphatic heterocycles. The molecule has 0 aliphatic carbocycles. The van der Waals surface area contributed by atoms with Crippen LogP contribution in [0.3, 0.4) is 0 Å². The fraction of sp³-hybridized carbons (Fsp3) is 1.00. The summed E-state index contributed by atoms with van der Waals surface area (Å²) in [5, 5.41) is 0. The summed E-state index contributed by atoms with van der Waals surface area (Å²) in [6, 6.07) is 0.926. The average Bonchev–Trinajstić information content (AvgIpc) is 2.51. The summed E-state index contributed by atoms with van der Waals surface area (Å²) in [6.07, 6.45) is 10.4. The lowest BCUT2D eigenvalue weighted by molar-refractivity contribution is -0.890. The first kappa shape index (κ1) is 22.1. The Hall–Kier alpha value is 0.0569. The minimum atomic E-state index is -2.34. The van der Waals surface area contributed by atoms with Crippen LogP contribution in [0.2, 0.25) is 6.04 Å². The van der Waals surface area contributed by atoms with Gasteiger partial charge in [-0.3, -0.25) is 0 Å². The molecule has 0 unspecified atom stereocenters. The zero-order valence-corrected chi connectivity index (χ0v) is 17.0. The lowest BCUT2D eigenvalue weighted by Gasteiger charge is -2.30. The van der Waals surface area contributed by atoms with Gasteiger partial charge in [0.1, 0.15) is 0 Å². The molecule has 0 aromatic carbocycles. The standard InChI is InChI=1S/C17H40NO3Si/c1-7-8-12-15-18(2,3)16-13-10-9-11-14-17-22(19-4,20-5)21-6/h7-17H2,1-6H3/q+1. The lowest BCUT2D eigenvalue weighted by atomic mass is 10.1. The van der Waals surface area contributed by atoms with Crippen molar-refractivity contribution in [2.45, 2.75) is 64.3 Å². The van der Waals surface area contributed by atoms with Crippen molar-refractivity contribution in [3.8, 4) is 0 Å². The largest absolute Gasteiger partial charge is 0.500 e. The Morgan fingerprint density at radius 2 is 1.14 bits per heavy atom. The first-order valence-corrected chi connectivity index (χ1v) is 10.9. The maximum atomic E-state index is 5.45. The van der Waals surface area contributed by atoms with Crippen LogP contribution in [0.4, 0.5) is 0 Å². The molecule has 0 spiro atoms. The van der Waals surface area contributed by atoms with Crippen LogP contribution in [0.15, 0.2) is 0 Å². The molecule has 0 fully saturated rings. The summed E-state index contributed by atoms with van der Waals surface area (Å²) in [5.41, 5.74) is 0. The molecule has 0 rings (SSSR count). The second-order valence-electron chi connectivity index (χ2n) is 6.90. The molecular formula is C17H40NO3Si+. The minimum Gasteiger partial charge on any atom is -0.377 e. The van der Waals surface area contributed by atoms with Crippen LogP contribution in [0.1, 0.15) is 58.3 Å². The van der Waals surface area contributed by atoms with Crippen molar-refractivity contribution in [3.63, 3.8) is 0 Å². The normalized spacial score (nSPS) is 12.8. The molecule has 4 nitrogen and oxygen atoms in total. The van der Waals surface area contributed by atoms with E-state index in [0.717, 1.165) is 12.5 Å². The quantitative estimate of drug-likeness (QED) is 0.256. The van der Waals surface area contributed by atoms with Crippen LogP contribution in [-0.4, -0.2) is 61.8 Å². The predicted octanol–water partition coefficient (Wildman–Crippen LogP) is 4.08. The van der Waals surface area contributed by atoms with Gasteiger partial charge in [-0.2, -0.15) is 0 Å². The Bertz CT molecular complexity index is 250. The molecule has 0 N–H and O–H groups in total. The van der Waals surface area contributed by atoms with E-state index in [1.807, 2.05) is 0 Å². The summed E-state index contributed by atoms with van der Waals surface area (Å²) in [7, 11) is 7.47. The molecular weight excluding hydrogens is 294 g/mol. The predicted molar refractivity (Wildman–Crippen MR) is 96.0 cm³/mol. The van der Waals surface area contributed by atoms with Gasteiger partial charge in [0.05, 0.1) is 27.2 Å². The van der Waals surface area contributed by atoms with Crippen molar-refractivity contribution in [2.24, 2.45) is 0 Å². The van der Waals surface area contributed by atoms with Gasteiger partial charge in [-0.05, 0) is 32.1 Å². The molecule has 0 amide bonds. The number of hydrogen-bond acceptors (Lipinski definition) is 3. The Morgan fingerprint density at radius 1 is 0.682 bits per heavy atom. The summed E-state index contributed by atoms with van der Waals surface area (Å²) in [5.74, 6) is 0. The summed E-state index contributed by atoms with van der Waals surface area (Å²) in [6.45, 7) is 4.89. The Balaban J connectivity index is 3.65. The topological polar surface area (TPSA) is 27.7 Å². The third-order valence-electron chi connectivity index (χ3n) is 4.55. The van der Waals surface area contributed by atoms with E-state index < -0.39 is 8.80 Å². The van der Waals surface area contributed by atoms with E-state index in [2.05, 4.69) is 21.0 Å². The van der Waals surface area contributed by atoms with Crippen LogP contribution >= 0.6 is 0 Å². The van der Waals surface area contributed by atoms with Crippen molar-refractivity contribution < 1.29 is 17.8 Å². The summed E-state index contributed by atoms with van der Waals surface area (Å²) >= 11 is 0. The van der Waals surface area contributed by atoms with E-state index in [-0.39, 0.29) is 0 Å². The number of rotatable bonds is 15. The molecule has 22 heavy (non-hydrogen) atoms. The zero-order chi connectivity index (χ0) is 16.9. The highest BCUT2D eigenvalue weighted by atomic mass is 28.4. The third kappa shape index (κ3) is 9.95. The van der Waals surface area contributed by atoms with Gasteiger partial charge in [-0.1, -0.05) is 26.2 Å². The first-order chi connectivity index (χ1) is 10.4. The molecule has 0 aromatic rings. The summed E-state index contributed by atoms with van der Waals surface area (Å²) < 4.78 is 17.5. The maximum absolute atomic E-state index is 5.45. The van der Waals surface area contributed by atoms with Crippen LogP contribution in [0.5, 0.6) is 0 Å². The zero-order valence-electron chi connectivity index (χ0n) is 16.0. The molecule has 0 aliphatic rings. The minimum absolute atomic E-state index is 0.926. The van der Waals surface area contributed by atoms with Crippen molar-refractivity contribution >= 4 is 8.80 Å². The van der Waals surface area contributed by atoms with Gasteiger partial charge in [0.25, 0.3) is 0 Å². The van der Waals surface area contributed by atoms with E-state index in [4.69, 9.17) is 13.3 Å². The second kappa shape index (κ2) is 12.5. The van der Waals surface area contributed by atoms with Gasteiger partial charge in [0.15, 0.2) is 0 Å². The van der Waals surface area contributed by atoms with Gasteiger partial charge in [-0.15, -0.1) is 0 Å². The molecule has 0 saturated carbocycles. The van der Waals surface area contributed by atoms with Crippen molar-refractivity contribution in [3.05, 3.63) is 0 Å². The number of hydrogen-bond donors (Lipinski definition) is 0. The molecule has 5 heteroatoms. The monoisotopic (exact) mass is 334 g/mol. The Kier molecular flexibility index (Phi) is 12.5. The van der Waals surface area contributed by atoms with Crippen molar-refractivity contribution in [2.75, 3.05) is 48.5 Å². The van der Waals surface area contributed by atoms with Gasteiger partial charge < -0.3 is 17.8 Å². The molecule has 134 valence electrons. The van der Waals surface area contributed by atoms with E-state index in [1.165, 1.54) is 62.5 Å². The van der Waals surface area contributed by atoms with Gasteiger partial charge in [-0.25, -0.2) is 0 Å². The molecule has 0 saturated heterocycles. The van der Waals surface area contributed by atoms with Gasteiger partial charge in [0.2, 0.25) is 0 Å². The number of unbranched alkanes of at least 4 members (excludes halogenated alkanes) is 6. The van der Waals surface area contributed by atoms with Crippen LogP contribution in [0.25, 0.3) is 0 Å². The van der Waals surface area contributed by atoms with Crippen LogP contribution < -0.4 is 0 Å². The molecule has 0 radical (unpaired) electrons. The highest BCUT2D eigenvalue weighted by Crippen LogP contribution is 2.18. The van der Waals surface area contributed by atoms with Crippen LogP contribution in [0, 0.1) is 0 Å². The van der Waals surface area contributed by atoms with Crippen molar-refractivity contribution in [1.29, 1.82) is 0 Å². The van der Waals surface area contributed by atoms with Gasteiger partial charge >= 0.3 is 8.80 Å². The molecule has 0 heterocycles. The van der Waals surface area contributed by atoms with Crippen molar-refractivity contribution in [1.82, 2.24) is 0 Å². The van der Waals surface area contributed by atoms with E-state index in [1.54, 1.807) is 21.3 Å². The highest BCUT2D eigenvalue weighted by Gasteiger charge is 2.36. The lowest BCUT2D eigenvalue weighted by Crippen LogP contribution is -2.42. The van der Waals surface area contributed by atoms with Gasteiger partial charge in [0, 0.05) is 27.4 Å². The van der Waals surface area contributed by atoms with E-state index in [0.29, 0.717) is 0 Å². The average molecular weight is 335 g/mol. The highest BCUT2D eigenvalue weighted by molar-refractivity contribution is 6.60. The summed E-state index contributed by atoms with van der Waals surface area (Å²) in [4.78, 5) is 0. The Labute approximate surface area is 140 Å². The Morgan fingerprint density at radius 3 is 1.64 bits per heavy atom. The van der Waals surface area contributed by atoms with E-state index in [9.17, 15) is 0 Å². The third-order valence-corrected chi connectivity index (χ3v) is 7.38. The fourth-order valence-corrected chi connectivity index (χ4v) is 4.66. The SMILES string of the molecule is CCCCC[N+](C)(C)CCCCCCC[Si](OC)(OC)OC. The first-order valence-electron chi connectivity index (χ1n) is 8.92. The molecule has 0 atom stereocenters. The second-order valence-corrected chi connectivity index (χ2v) is 9.99. The fourth-order valence-electron chi connectivity index (χ4n) is 2.87. The molecule has 0 bridgehead atoms. The van der Waals surface area contributed by atoms with E-state index >= 15 is 0 Å². The smallest absolute Gasteiger partial charge is 0.377 e. The molecule has 0 aromatic heterocycles. The number of quaternary nitrogens is 1. The number of nitrogens with zero attached hydrogens (tertiary/aromatic N) is 1.